The lowest BCUT2D eigenvalue weighted by molar-refractivity contribution is 1.38. The number of hydrogen-bond acceptors (Lipinski definition) is 2. The number of thioether (sulfide) groups is 1. The fourth-order valence-corrected chi connectivity index (χ4v) is 2.69. The standard InChI is InChI=1S/C13H12BrNS/c14-11-7-6-10(13(15)8-11)9-16-12-4-2-1-3-5-12/h1-8H,9,15H2. The first-order valence-electron chi connectivity index (χ1n) is 4.97. The Bertz CT molecular complexity index is 471. The van der Waals surface area contributed by atoms with Crippen LogP contribution in [0.3, 0.4) is 0 Å². The molecular formula is C13H12BrNS. The van der Waals surface area contributed by atoms with E-state index in [2.05, 4.69) is 34.1 Å². The number of halogens is 1. The molecule has 0 heterocycles. The third-order valence-electron chi connectivity index (χ3n) is 2.25. The lowest BCUT2D eigenvalue weighted by Crippen LogP contribution is -1.92. The van der Waals surface area contributed by atoms with E-state index in [-0.39, 0.29) is 0 Å². The molecule has 2 N–H and O–H groups in total. The molecule has 0 bridgehead atoms. The Balaban J connectivity index is 2.05. The maximum atomic E-state index is 5.94. The van der Waals surface area contributed by atoms with Crippen molar-refractivity contribution < 1.29 is 0 Å². The van der Waals surface area contributed by atoms with Gasteiger partial charge in [-0.1, -0.05) is 40.2 Å². The van der Waals surface area contributed by atoms with Crippen molar-refractivity contribution in [3.05, 3.63) is 58.6 Å². The number of nitrogens with two attached hydrogens (primary N) is 1. The molecule has 0 spiro atoms. The van der Waals surface area contributed by atoms with E-state index in [9.17, 15) is 0 Å². The van der Waals surface area contributed by atoms with E-state index < -0.39 is 0 Å². The summed E-state index contributed by atoms with van der Waals surface area (Å²) in [4.78, 5) is 1.27. The zero-order valence-electron chi connectivity index (χ0n) is 8.69. The Morgan fingerprint density at radius 3 is 2.50 bits per heavy atom. The largest absolute Gasteiger partial charge is 0.398 e. The monoisotopic (exact) mass is 293 g/mol. The second-order valence-corrected chi connectivity index (χ2v) is 5.41. The fourth-order valence-electron chi connectivity index (χ4n) is 1.38. The van der Waals surface area contributed by atoms with E-state index >= 15 is 0 Å². The van der Waals surface area contributed by atoms with Crippen molar-refractivity contribution >= 4 is 33.4 Å². The molecule has 0 unspecified atom stereocenters. The van der Waals surface area contributed by atoms with Crippen molar-refractivity contribution in [2.24, 2.45) is 0 Å². The van der Waals surface area contributed by atoms with Gasteiger partial charge in [-0.25, -0.2) is 0 Å². The van der Waals surface area contributed by atoms with Crippen LogP contribution in [0.25, 0.3) is 0 Å². The van der Waals surface area contributed by atoms with Crippen LogP contribution in [0.2, 0.25) is 0 Å². The van der Waals surface area contributed by atoms with Crippen LogP contribution in [0.5, 0.6) is 0 Å². The summed E-state index contributed by atoms with van der Waals surface area (Å²) in [7, 11) is 0. The van der Waals surface area contributed by atoms with Gasteiger partial charge in [0.2, 0.25) is 0 Å². The van der Waals surface area contributed by atoms with Gasteiger partial charge < -0.3 is 5.73 Å². The van der Waals surface area contributed by atoms with Gasteiger partial charge in [0.15, 0.2) is 0 Å². The van der Waals surface area contributed by atoms with Crippen LogP contribution in [0.4, 0.5) is 5.69 Å². The number of nitrogen functional groups attached to an aromatic ring is 1. The summed E-state index contributed by atoms with van der Waals surface area (Å²) in [5.41, 5.74) is 7.97. The Labute approximate surface area is 108 Å². The molecule has 0 aliphatic rings. The molecule has 0 atom stereocenters. The quantitative estimate of drug-likeness (QED) is 0.674. The third-order valence-corrected chi connectivity index (χ3v) is 3.80. The maximum absolute atomic E-state index is 5.94. The minimum atomic E-state index is 0.845. The lowest BCUT2D eigenvalue weighted by atomic mass is 10.2. The summed E-state index contributed by atoms with van der Waals surface area (Å²) >= 11 is 5.20. The van der Waals surface area contributed by atoms with Gasteiger partial charge in [-0.3, -0.25) is 0 Å². The van der Waals surface area contributed by atoms with Crippen LogP contribution < -0.4 is 5.73 Å². The molecule has 2 aromatic carbocycles. The predicted molar refractivity (Wildman–Crippen MR) is 74.6 cm³/mol. The number of hydrogen-bond donors (Lipinski definition) is 1. The number of anilines is 1. The van der Waals surface area contributed by atoms with E-state index in [0.29, 0.717) is 0 Å². The second-order valence-electron chi connectivity index (χ2n) is 3.44. The first-order chi connectivity index (χ1) is 7.75. The van der Waals surface area contributed by atoms with Crippen LogP contribution >= 0.6 is 27.7 Å². The van der Waals surface area contributed by atoms with Gasteiger partial charge >= 0.3 is 0 Å². The Morgan fingerprint density at radius 2 is 1.81 bits per heavy atom. The topological polar surface area (TPSA) is 26.0 Å². The zero-order valence-corrected chi connectivity index (χ0v) is 11.1. The minimum absolute atomic E-state index is 0.845. The molecule has 16 heavy (non-hydrogen) atoms. The van der Waals surface area contributed by atoms with E-state index in [0.717, 1.165) is 15.9 Å². The van der Waals surface area contributed by atoms with Crippen LogP contribution in [0, 0.1) is 0 Å². The molecule has 0 aromatic heterocycles. The molecule has 3 heteroatoms. The van der Waals surface area contributed by atoms with Crippen LogP contribution in [0.15, 0.2) is 57.9 Å². The van der Waals surface area contributed by atoms with E-state index in [4.69, 9.17) is 5.73 Å². The Hall–Kier alpha value is -0.930. The average molecular weight is 294 g/mol. The summed E-state index contributed by atoms with van der Waals surface area (Å²) < 4.78 is 1.03. The molecule has 2 rings (SSSR count). The summed E-state index contributed by atoms with van der Waals surface area (Å²) in [5.74, 6) is 0.906. The van der Waals surface area contributed by atoms with Crippen molar-refractivity contribution in [3.63, 3.8) is 0 Å². The van der Waals surface area contributed by atoms with Gasteiger partial charge in [0.1, 0.15) is 0 Å². The molecule has 1 nitrogen and oxygen atoms in total. The molecule has 0 aliphatic carbocycles. The Kier molecular flexibility index (Phi) is 3.91. The molecule has 0 saturated carbocycles. The molecule has 82 valence electrons. The first kappa shape index (κ1) is 11.6. The molecule has 0 fully saturated rings. The summed E-state index contributed by atoms with van der Waals surface area (Å²) in [6.45, 7) is 0. The van der Waals surface area contributed by atoms with Crippen LogP contribution in [-0.2, 0) is 5.75 Å². The van der Waals surface area contributed by atoms with Gasteiger partial charge in [0.05, 0.1) is 0 Å². The van der Waals surface area contributed by atoms with Crippen molar-refractivity contribution in [2.45, 2.75) is 10.6 Å². The highest BCUT2D eigenvalue weighted by molar-refractivity contribution is 9.10. The molecule has 0 radical (unpaired) electrons. The molecule has 2 aromatic rings. The van der Waals surface area contributed by atoms with Crippen molar-refractivity contribution in [2.75, 3.05) is 5.73 Å². The predicted octanol–water partition coefficient (Wildman–Crippen LogP) is 4.32. The molecule has 0 aliphatic heterocycles. The highest BCUT2D eigenvalue weighted by atomic mass is 79.9. The number of benzene rings is 2. The third kappa shape index (κ3) is 3.03. The Morgan fingerprint density at radius 1 is 1.06 bits per heavy atom. The lowest BCUT2D eigenvalue weighted by Gasteiger charge is -2.05. The molecular weight excluding hydrogens is 282 g/mol. The summed E-state index contributed by atoms with van der Waals surface area (Å²) in [6, 6.07) is 16.4. The van der Waals surface area contributed by atoms with Gasteiger partial charge in [-0.05, 0) is 29.8 Å². The van der Waals surface area contributed by atoms with Gasteiger partial charge in [0.25, 0.3) is 0 Å². The molecule has 0 amide bonds. The van der Waals surface area contributed by atoms with E-state index in [1.807, 2.05) is 30.3 Å². The van der Waals surface area contributed by atoms with Crippen LogP contribution in [-0.4, -0.2) is 0 Å². The van der Waals surface area contributed by atoms with Gasteiger partial charge in [-0.2, -0.15) is 0 Å². The van der Waals surface area contributed by atoms with E-state index in [1.165, 1.54) is 10.5 Å². The minimum Gasteiger partial charge on any atom is -0.398 e. The molecule has 0 saturated heterocycles. The smallest absolute Gasteiger partial charge is 0.0366 e. The second kappa shape index (κ2) is 5.41. The van der Waals surface area contributed by atoms with Crippen molar-refractivity contribution in [1.82, 2.24) is 0 Å². The maximum Gasteiger partial charge on any atom is 0.0366 e. The van der Waals surface area contributed by atoms with Gasteiger partial charge in [0, 0.05) is 20.8 Å². The average Bonchev–Trinajstić information content (AvgIpc) is 2.29. The number of rotatable bonds is 3. The van der Waals surface area contributed by atoms with Crippen molar-refractivity contribution in [1.29, 1.82) is 0 Å². The fraction of sp³-hybridized carbons (Fsp3) is 0.0769. The SMILES string of the molecule is Nc1cc(Br)ccc1CSc1ccccc1. The van der Waals surface area contributed by atoms with E-state index in [1.54, 1.807) is 11.8 Å². The normalized spacial score (nSPS) is 10.3. The summed E-state index contributed by atoms with van der Waals surface area (Å²) in [5, 5.41) is 0. The highest BCUT2D eigenvalue weighted by Crippen LogP contribution is 2.26. The van der Waals surface area contributed by atoms with Crippen molar-refractivity contribution in [3.8, 4) is 0 Å². The van der Waals surface area contributed by atoms with Crippen LogP contribution in [0.1, 0.15) is 5.56 Å². The van der Waals surface area contributed by atoms with Gasteiger partial charge in [-0.15, -0.1) is 11.8 Å². The summed E-state index contributed by atoms with van der Waals surface area (Å²) in [6.07, 6.45) is 0. The zero-order chi connectivity index (χ0) is 11.4. The highest BCUT2D eigenvalue weighted by Gasteiger charge is 2.00. The first-order valence-corrected chi connectivity index (χ1v) is 6.75.